The average Bonchev–Trinajstić information content (AvgIpc) is 2.69. The van der Waals surface area contributed by atoms with Crippen LogP contribution >= 0.6 is 0 Å². The minimum absolute atomic E-state index is 0.794. The van der Waals surface area contributed by atoms with Crippen LogP contribution in [0.2, 0.25) is 0 Å². The first-order chi connectivity index (χ1) is 12.3. The molecule has 6 nitrogen and oxygen atoms in total. The monoisotopic (exact) mass is 332 g/mol. The second-order valence-electron chi connectivity index (χ2n) is 6.15. The summed E-state index contributed by atoms with van der Waals surface area (Å²) in [7, 11) is 0. The molecule has 0 saturated carbocycles. The van der Waals surface area contributed by atoms with Gasteiger partial charge < -0.3 is 9.80 Å². The van der Waals surface area contributed by atoms with Gasteiger partial charge in [0.1, 0.15) is 5.82 Å². The third-order valence-electron chi connectivity index (χ3n) is 4.39. The number of anilines is 2. The van der Waals surface area contributed by atoms with Crippen LogP contribution in [-0.2, 0) is 0 Å². The Kier molecular flexibility index (Phi) is 4.24. The summed E-state index contributed by atoms with van der Waals surface area (Å²) in [5.74, 6) is 1.72. The van der Waals surface area contributed by atoms with Crippen LogP contribution in [0.5, 0.6) is 0 Å². The highest BCUT2D eigenvalue weighted by Crippen LogP contribution is 2.20. The van der Waals surface area contributed by atoms with Crippen LogP contribution in [0.3, 0.4) is 0 Å². The molecule has 4 rings (SSSR count). The minimum atomic E-state index is 0.794. The molecule has 1 aliphatic heterocycles. The Hall–Kier alpha value is -3.02. The Morgan fingerprint density at radius 1 is 0.800 bits per heavy atom. The molecule has 2 aromatic heterocycles. The molecule has 0 spiro atoms. The molecule has 1 fully saturated rings. The SMILES string of the molecule is Cc1cccc(-c2cnc(N3CCN(c4ncccn4)CC3)cn2)c1. The third-order valence-corrected chi connectivity index (χ3v) is 4.39. The summed E-state index contributed by atoms with van der Waals surface area (Å²) < 4.78 is 0. The van der Waals surface area contributed by atoms with E-state index in [9.17, 15) is 0 Å². The maximum absolute atomic E-state index is 4.62. The zero-order valence-electron chi connectivity index (χ0n) is 14.2. The molecule has 0 unspecified atom stereocenters. The van der Waals surface area contributed by atoms with E-state index in [0.29, 0.717) is 0 Å². The summed E-state index contributed by atoms with van der Waals surface area (Å²) >= 11 is 0. The summed E-state index contributed by atoms with van der Waals surface area (Å²) in [6.07, 6.45) is 7.29. The standard InChI is InChI=1S/C19H20N6/c1-15-4-2-5-16(12-15)17-13-23-18(14-22-17)24-8-10-25(11-9-24)19-20-6-3-7-21-19/h2-7,12-14H,8-11H2,1H3. The second kappa shape index (κ2) is 6.84. The van der Waals surface area contributed by atoms with E-state index in [4.69, 9.17) is 0 Å². The normalized spacial score (nSPS) is 14.6. The van der Waals surface area contributed by atoms with Gasteiger partial charge in [0.25, 0.3) is 0 Å². The van der Waals surface area contributed by atoms with Gasteiger partial charge >= 0.3 is 0 Å². The number of piperazine rings is 1. The van der Waals surface area contributed by atoms with Gasteiger partial charge in [-0.2, -0.15) is 0 Å². The zero-order valence-corrected chi connectivity index (χ0v) is 14.2. The summed E-state index contributed by atoms with van der Waals surface area (Å²) in [6.45, 7) is 5.62. The van der Waals surface area contributed by atoms with Gasteiger partial charge in [0.2, 0.25) is 5.95 Å². The molecule has 1 aliphatic rings. The van der Waals surface area contributed by atoms with E-state index in [2.05, 4.69) is 54.9 Å². The van der Waals surface area contributed by atoms with E-state index in [0.717, 1.165) is 49.2 Å². The van der Waals surface area contributed by atoms with Gasteiger partial charge in [-0.15, -0.1) is 0 Å². The minimum Gasteiger partial charge on any atom is -0.352 e. The van der Waals surface area contributed by atoms with E-state index in [1.54, 1.807) is 12.4 Å². The topological polar surface area (TPSA) is 58.0 Å². The molecular weight excluding hydrogens is 312 g/mol. The molecule has 6 heteroatoms. The number of nitrogens with zero attached hydrogens (tertiary/aromatic N) is 6. The van der Waals surface area contributed by atoms with Crippen LogP contribution in [0, 0.1) is 6.92 Å². The van der Waals surface area contributed by atoms with Crippen LogP contribution in [0.15, 0.2) is 55.1 Å². The Morgan fingerprint density at radius 3 is 2.24 bits per heavy atom. The lowest BCUT2D eigenvalue weighted by molar-refractivity contribution is 0.633. The maximum atomic E-state index is 4.62. The van der Waals surface area contributed by atoms with Gasteiger partial charge in [0.15, 0.2) is 0 Å². The lowest BCUT2D eigenvalue weighted by Gasteiger charge is -2.35. The Balaban J connectivity index is 1.43. The van der Waals surface area contributed by atoms with Gasteiger partial charge in [0.05, 0.1) is 18.1 Å². The maximum Gasteiger partial charge on any atom is 0.225 e. The molecule has 3 aromatic rings. The average molecular weight is 332 g/mol. The van der Waals surface area contributed by atoms with Crippen molar-refractivity contribution in [2.75, 3.05) is 36.0 Å². The van der Waals surface area contributed by atoms with Crippen molar-refractivity contribution in [2.45, 2.75) is 6.92 Å². The molecule has 0 radical (unpaired) electrons. The predicted octanol–water partition coefficient (Wildman–Crippen LogP) is 2.57. The molecule has 0 amide bonds. The summed E-state index contributed by atoms with van der Waals surface area (Å²) in [4.78, 5) is 22.3. The summed E-state index contributed by atoms with van der Waals surface area (Å²) in [6, 6.07) is 10.2. The molecule has 0 aliphatic carbocycles. The van der Waals surface area contributed by atoms with Crippen molar-refractivity contribution in [2.24, 2.45) is 0 Å². The highest BCUT2D eigenvalue weighted by Gasteiger charge is 2.19. The zero-order chi connectivity index (χ0) is 17.1. The van der Waals surface area contributed by atoms with Gasteiger partial charge in [-0.1, -0.05) is 23.8 Å². The quantitative estimate of drug-likeness (QED) is 0.735. The van der Waals surface area contributed by atoms with Crippen LogP contribution in [-0.4, -0.2) is 46.1 Å². The van der Waals surface area contributed by atoms with Crippen LogP contribution < -0.4 is 9.80 Å². The van der Waals surface area contributed by atoms with Gasteiger partial charge in [-0.05, 0) is 19.1 Å². The molecular formula is C19H20N6. The van der Waals surface area contributed by atoms with Crippen LogP contribution in [0.25, 0.3) is 11.3 Å². The lowest BCUT2D eigenvalue weighted by Crippen LogP contribution is -2.47. The third kappa shape index (κ3) is 3.42. The molecule has 126 valence electrons. The van der Waals surface area contributed by atoms with E-state index in [1.807, 2.05) is 24.5 Å². The van der Waals surface area contributed by atoms with Crippen molar-refractivity contribution < 1.29 is 0 Å². The van der Waals surface area contributed by atoms with Crippen molar-refractivity contribution in [1.82, 2.24) is 19.9 Å². The van der Waals surface area contributed by atoms with E-state index in [1.165, 1.54) is 5.56 Å². The van der Waals surface area contributed by atoms with E-state index >= 15 is 0 Å². The first kappa shape index (κ1) is 15.5. The first-order valence-corrected chi connectivity index (χ1v) is 8.45. The van der Waals surface area contributed by atoms with Crippen molar-refractivity contribution in [3.63, 3.8) is 0 Å². The molecule has 1 saturated heterocycles. The molecule has 25 heavy (non-hydrogen) atoms. The van der Waals surface area contributed by atoms with Gasteiger partial charge in [-0.25, -0.2) is 15.0 Å². The summed E-state index contributed by atoms with van der Waals surface area (Å²) in [5, 5.41) is 0. The number of benzene rings is 1. The number of rotatable bonds is 3. The number of aryl methyl sites for hydroxylation is 1. The predicted molar refractivity (Wildman–Crippen MR) is 98.7 cm³/mol. The molecule has 0 atom stereocenters. The fourth-order valence-corrected chi connectivity index (χ4v) is 3.03. The van der Waals surface area contributed by atoms with Crippen molar-refractivity contribution in [1.29, 1.82) is 0 Å². The van der Waals surface area contributed by atoms with Crippen molar-refractivity contribution >= 4 is 11.8 Å². The number of hydrogen-bond donors (Lipinski definition) is 0. The highest BCUT2D eigenvalue weighted by molar-refractivity contribution is 5.60. The fourth-order valence-electron chi connectivity index (χ4n) is 3.03. The van der Waals surface area contributed by atoms with Crippen LogP contribution in [0.4, 0.5) is 11.8 Å². The Bertz CT molecular complexity index is 826. The smallest absolute Gasteiger partial charge is 0.225 e. The number of hydrogen-bond acceptors (Lipinski definition) is 6. The van der Waals surface area contributed by atoms with Crippen molar-refractivity contribution in [3.05, 3.63) is 60.7 Å². The Labute approximate surface area is 147 Å². The van der Waals surface area contributed by atoms with Crippen LogP contribution in [0.1, 0.15) is 5.56 Å². The molecule has 0 N–H and O–H groups in total. The lowest BCUT2D eigenvalue weighted by atomic mass is 10.1. The second-order valence-corrected chi connectivity index (χ2v) is 6.15. The summed E-state index contributed by atoms with van der Waals surface area (Å²) in [5.41, 5.74) is 3.23. The van der Waals surface area contributed by atoms with Gasteiger partial charge in [0, 0.05) is 44.1 Å². The first-order valence-electron chi connectivity index (χ1n) is 8.45. The fraction of sp³-hybridized carbons (Fsp3) is 0.263. The number of aromatic nitrogens is 4. The van der Waals surface area contributed by atoms with Gasteiger partial charge in [-0.3, -0.25) is 4.98 Å². The Morgan fingerprint density at radius 2 is 1.56 bits per heavy atom. The largest absolute Gasteiger partial charge is 0.352 e. The molecule has 0 bridgehead atoms. The molecule has 1 aromatic carbocycles. The van der Waals surface area contributed by atoms with E-state index in [-0.39, 0.29) is 0 Å². The highest BCUT2D eigenvalue weighted by atomic mass is 15.3. The molecule has 3 heterocycles. The van der Waals surface area contributed by atoms with E-state index < -0.39 is 0 Å². The van der Waals surface area contributed by atoms with Crippen molar-refractivity contribution in [3.8, 4) is 11.3 Å².